The third-order valence-corrected chi connectivity index (χ3v) is 4.59. The number of carboxylic acids is 1. The quantitative estimate of drug-likeness (QED) is 0.694. The molecule has 0 bridgehead atoms. The Kier molecular flexibility index (Phi) is 5.71. The fraction of sp³-hybridized carbons (Fsp3) is 0.385. The van der Waals surface area contributed by atoms with Crippen molar-refractivity contribution in [2.45, 2.75) is 31.7 Å². The van der Waals surface area contributed by atoms with Crippen molar-refractivity contribution in [2.75, 3.05) is 0 Å². The molecule has 1 aromatic carbocycles. The predicted octanol–water partition coefficient (Wildman–Crippen LogP) is 1.24. The smallest absolute Gasteiger partial charge is 0.326 e. The summed E-state index contributed by atoms with van der Waals surface area (Å²) in [6, 6.07) is 1.63. The number of amides is 1. The van der Waals surface area contributed by atoms with Crippen LogP contribution in [0.5, 0.6) is 0 Å². The normalized spacial score (nSPS) is 13.0. The number of aliphatic carboxylic acids is 1. The lowest BCUT2D eigenvalue weighted by Crippen LogP contribution is -2.44. The van der Waals surface area contributed by atoms with E-state index in [9.17, 15) is 18.0 Å². The van der Waals surface area contributed by atoms with E-state index in [1.165, 1.54) is 19.1 Å². The molecule has 1 atom stereocenters. The zero-order valence-electron chi connectivity index (χ0n) is 12.3. The van der Waals surface area contributed by atoms with Gasteiger partial charge in [0.2, 0.25) is 10.0 Å². The second-order valence-electron chi connectivity index (χ2n) is 5.15. The first-order valence-corrected chi connectivity index (χ1v) is 8.65. The van der Waals surface area contributed by atoms with E-state index < -0.39 is 27.9 Å². The minimum Gasteiger partial charge on any atom is -0.480 e. The molecule has 0 radical (unpaired) electrons. The number of hydrogen-bond donors (Lipinski definition) is 3. The van der Waals surface area contributed by atoms with Gasteiger partial charge in [-0.3, -0.25) is 4.79 Å². The molecule has 1 amide bonds. The van der Waals surface area contributed by atoms with E-state index in [-0.39, 0.29) is 21.9 Å². The monoisotopic (exact) mass is 392 g/mol. The number of rotatable bonds is 5. The van der Waals surface area contributed by atoms with Crippen LogP contribution in [0.4, 0.5) is 0 Å². The lowest BCUT2D eigenvalue weighted by atomic mass is 10.0. The number of sulfonamides is 1. The van der Waals surface area contributed by atoms with Crippen molar-refractivity contribution < 1.29 is 23.1 Å². The molecule has 0 heterocycles. The fourth-order valence-corrected chi connectivity index (χ4v) is 3.36. The number of halogens is 1. The van der Waals surface area contributed by atoms with Crippen LogP contribution in [0.1, 0.15) is 29.8 Å². The number of hydrogen-bond acceptors (Lipinski definition) is 4. The Morgan fingerprint density at radius 1 is 1.32 bits per heavy atom. The Hall–Kier alpha value is -1.45. The Bertz CT molecular complexity index is 715. The summed E-state index contributed by atoms with van der Waals surface area (Å²) >= 11 is 3.12. The second-order valence-corrected chi connectivity index (χ2v) is 7.60. The maximum atomic E-state index is 12.3. The molecule has 0 aliphatic carbocycles. The maximum Gasteiger partial charge on any atom is 0.326 e. The molecule has 122 valence electrons. The Labute approximate surface area is 137 Å². The van der Waals surface area contributed by atoms with Gasteiger partial charge >= 0.3 is 5.97 Å². The van der Waals surface area contributed by atoms with Crippen LogP contribution in [0.2, 0.25) is 0 Å². The zero-order chi connectivity index (χ0) is 17.2. The van der Waals surface area contributed by atoms with Crippen molar-refractivity contribution in [3.63, 3.8) is 0 Å². The van der Waals surface area contributed by atoms with Crippen molar-refractivity contribution in [1.82, 2.24) is 5.32 Å². The topological polar surface area (TPSA) is 127 Å². The van der Waals surface area contributed by atoms with Crippen molar-refractivity contribution in [3.05, 3.63) is 27.7 Å². The molecule has 0 unspecified atom stereocenters. The van der Waals surface area contributed by atoms with Crippen LogP contribution in [0.25, 0.3) is 0 Å². The number of carbonyl (C=O) groups is 2. The van der Waals surface area contributed by atoms with Gasteiger partial charge in [0.05, 0.1) is 4.90 Å². The molecule has 0 spiro atoms. The SMILES string of the molecule is Cc1c(C(=O)N[C@H](C(=O)O)C(C)C)cc(Br)cc1S(N)(=O)=O. The molecule has 22 heavy (non-hydrogen) atoms. The Balaban J connectivity index is 3.30. The van der Waals surface area contributed by atoms with Gasteiger partial charge in [0.1, 0.15) is 6.04 Å². The molecule has 1 rings (SSSR count). The summed E-state index contributed by atoms with van der Waals surface area (Å²) < 4.78 is 23.5. The molecule has 9 heteroatoms. The first-order valence-electron chi connectivity index (χ1n) is 6.31. The predicted molar refractivity (Wildman–Crippen MR) is 84.0 cm³/mol. The summed E-state index contributed by atoms with van der Waals surface area (Å²) in [6.45, 7) is 4.75. The number of primary sulfonamides is 1. The minimum absolute atomic E-state index is 0.0466. The number of benzene rings is 1. The fourth-order valence-electron chi connectivity index (χ4n) is 1.92. The van der Waals surface area contributed by atoms with Gasteiger partial charge in [-0.25, -0.2) is 18.4 Å². The van der Waals surface area contributed by atoms with Gasteiger partial charge < -0.3 is 10.4 Å². The Morgan fingerprint density at radius 2 is 1.86 bits per heavy atom. The van der Waals surface area contributed by atoms with Crippen LogP contribution in [0, 0.1) is 12.8 Å². The number of carbonyl (C=O) groups excluding carboxylic acids is 1. The molecule has 4 N–H and O–H groups in total. The lowest BCUT2D eigenvalue weighted by Gasteiger charge is -2.19. The first-order chi connectivity index (χ1) is 9.95. The van der Waals surface area contributed by atoms with E-state index >= 15 is 0 Å². The summed E-state index contributed by atoms with van der Waals surface area (Å²) in [7, 11) is -4.00. The molecular formula is C13H17BrN2O5S. The molecule has 0 aliphatic heterocycles. The highest BCUT2D eigenvalue weighted by atomic mass is 79.9. The van der Waals surface area contributed by atoms with Gasteiger partial charge in [0.15, 0.2) is 0 Å². The van der Waals surface area contributed by atoms with Gasteiger partial charge in [-0.05, 0) is 30.5 Å². The molecule has 7 nitrogen and oxygen atoms in total. The van der Waals surface area contributed by atoms with Crippen LogP contribution in [0.15, 0.2) is 21.5 Å². The van der Waals surface area contributed by atoms with E-state index in [2.05, 4.69) is 21.2 Å². The summed E-state index contributed by atoms with van der Waals surface area (Å²) in [4.78, 5) is 23.2. The molecule has 0 aliphatic rings. The highest BCUT2D eigenvalue weighted by Crippen LogP contribution is 2.24. The van der Waals surface area contributed by atoms with Crippen LogP contribution >= 0.6 is 15.9 Å². The zero-order valence-corrected chi connectivity index (χ0v) is 14.7. The lowest BCUT2D eigenvalue weighted by molar-refractivity contribution is -0.140. The first kappa shape index (κ1) is 18.6. The summed E-state index contributed by atoms with van der Waals surface area (Å²) in [5, 5.41) is 16.6. The number of carboxylic acid groups (broad SMARTS) is 1. The largest absolute Gasteiger partial charge is 0.480 e. The standard InChI is InChI=1S/C13H17BrN2O5S/c1-6(2)11(13(18)19)16-12(17)9-4-8(14)5-10(7(9)3)22(15,20)21/h4-6,11H,1-3H3,(H,16,17)(H,18,19)(H2,15,20,21)/t11-/m0/s1. The highest BCUT2D eigenvalue weighted by molar-refractivity contribution is 9.10. The van der Waals surface area contributed by atoms with Gasteiger partial charge in [0.25, 0.3) is 5.91 Å². The van der Waals surface area contributed by atoms with E-state index in [1.807, 2.05) is 0 Å². The molecule has 0 fully saturated rings. The number of nitrogens with one attached hydrogen (secondary N) is 1. The average molecular weight is 393 g/mol. The minimum atomic E-state index is -4.00. The van der Waals surface area contributed by atoms with Crippen LogP contribution in [0.3, 0.4) is 0 Å². The van der Waals surface area contributed by atoms with Crippen molar-refractivity contribution in [3.8, 4) is 0 Å². The second kappa shape index (κ2) is 6.76. The molecular weight excluding hydrogens is 376 g/mol. The third kappa shape index (κ3) is 4.28. The van der Waals surface area contributed by atoms with Crippen LogP contribution in [-0.4, -0.2) is 31.4 Å². The van der Waals surface area contributed by atoms with Gasteiger partial charge in [0, 0.05) is 10.0 Å². The van der Waals surface area contributed by atoms with Crippen LogP contribution < -0.4 is 10.5 Å². The molecule has 0 aromatic heterocycles. The van der Waals surface area contributed by atoms with E-state index in [1.54, 1.807) is 13.8 Å². The average Bonchev–Trinajstić information content (AvgIpc) is 2.35. The van der Waals surface area contributed by atoms with Gasteiger partial charge in [-0.1, -0.05) is 29.8 Å². The van der Waals surface area contributed by atoms with E-state index in [0.717, 1.165) is 0 Å². The highest BCUT2D eigenvalue weighted by Gasteiger charge is 2.26. The summed E-state index contributed by atoms with van der Waals surface area (Å²) in [6.07, 6.45) is 0. The molecule has 0 saturated heterocycles. The molecule has 1 aromatic rings. The summed E-state index contributed by atoms with van der Waals surface area (Å²) in [5.74, 6) is -2.17. The van der Waals surface area contributed by atoms with Crippen molar-refractivity contribution in [2.24, 2.45) is 11.1 Å². The third-order valence-electron chi connectivity index (χ3n) is 3.10. The van der Waals surface area contributed by atoms with E-state index in [0.29, 0.717) is 4.47 Å². The van der Waals surface area contributed by atoms with Gasteiger partial charge in [-0.2, -0.15) is 0 Å². The molecule has 0 saturated carbocycles. The summed E-state index contributed by atoms with van der Waals surface area (Å²) in [5.41, 5.74) is 0.210. The van der Waals surface area contributed by atoms with Crippen molar-refractivity contribution >= 4 is 37.8 Å². The maximum absolute atomic E-state index is 12.3. The van der Waals surface area contributed by atoms with Gasteiger partial charge in [-0.15, -0.1) is 0 Å². The van der Waals surface area contributed by atoms with E-state index in [4.69, 9.17) is 10.2 Å². The van der Waals surface area contributed by atoms with Crippen LogP contribution in [-0.2, 0) is 14.8 Å². The Morgan fingerprint density at radius 3 is 2.27 bits per heavy atom. The number of nitrogens with two attached hydrogens (primary N) is 1. The van der Waals surface area contributed by atoms with Crippen molar-refractivity contribution in [1.29, 1.82) is 0 Å².